The lowest BCUT2D eigenvalue weighted by atomic mass is 10.1. The molecular formula is C17H11ClF3N3O2S. The first-order valence-electron chi connectivity index (χ1n) is 7.77. The summed E-state index contributed by atoms with van der Waals surface area (Å²) in [5.41, 5.74) is 0.0419. The number of benzene rings is 2. The van der Waals surface area contributed by atoms with Crippen LogP contribution in [0.15, 0.2) is 30.3 Å². The van der Waals surface area contributed by atoms with Crippen LogP contribution in [-0.2, 0) is 6.18 Å². The molecule has 0 radical (unpaired) electrons. The molecule has 10 heteroatoms. The fourth-order valence-electron chi connectivity index (χ4n) is 2.66. The summed E-state index contributed by atoms with van der Waals surface area (Å²) >= 11 is 6.94. The first kappa shape index (κ1) is 18.0. The Bertz CT molecular complexity index is 1060. The standard InChI is InChI=1S/C17H11ClF3N3O2S/c18-8-4-9(12-6-22-12)14(25)10(5-8)15(26)24-16-23-11-2-1-7(17(19,20)21)3-13(11)27-16/h1-5,12,22,25H,6H2,(H,23,24,26). The Hall–Kier alpha value is -2.36. The third-order valence-electron chi connectivity index (χ3n) is 4.07. The van der Waals surface area contributed by atoms with Crippen molar-refractivity contribution in [3.8, 4) is 5.75 Å². The normalized spacial score (nSPS) is 16.5. The molecule has 1 aromatic heterocycles. The van der Waals surface area contributed by atoms with Crippen molar-refractivity contribution in [2.45, 2.75) is 12.2 Å². The Morgan fingerprint density at radius 2 is 2.07 bits per heavy atom. The number of phenolic OH excluding ortho intramolecular Hbond substituents is 1. The minimum absolute atomic E-state index is 0.0264. The first-order chi connectivity index (χ1) is 12.7. The van der Waals surface area contributed by atoms with Crippen LogP contribution in [0.2, 0.25) is 5.02 Å². The number of fused-ring (bicyclic) bond motifs is 1. The van der Waals surface area contributed by atoms with Gasteiger partial charge in [0.1, 0.15) is 5.75 Å². The van der Waals surface area contributed by atoms with Crippen LogP contribution in [0.25, 0.3) is 10.2 Å². The van der Waals surface area contributed by atoms with Crippen molar-refractivity contribution in [2.24, 2.45) is 0 Å². The summed E-state index contributed by atoms with van der Waals surface area (Å²) in [7, 11) is 0. The number of amides is 1. The summed E-state index contributed by atoms with van der Waals surface area (Å²) in [5.74, 6) is -0.834. The summed E-state index contributed by atoms with van der Waals surface area (Å²) in [4.78, 5) is 16.6. The topological polar surface area (TPSA) is 84.2 Å². The number of hydrogen-bond donors (Lipinski definition) is 3. The average Bonchev–Trinajstić information content (AvgIpc) is 3.35. The van der Waals surface area contributed by atoms with Crippen molar-refractivity contribution in [3.63, 3.8) is 0 Å². The molecule has 3 N–H and O–H groups in total. The van der Waals surface area contributed by atoms with Crippen LogP contribution in [0, 0.1) is 0 Å². The van der Waals surface area contributed by atoms with Gasteiger partial charge < -0.3 is 10.4 Å². The Morgan fingerprint density at radius 1 is 1.33 bits per heavy atom. The van der Waals surface area contributed by atoms with Crippen LogP contribution in [0.4, 0.5) is 18.3 Å². The van der Waals surface area contributed by atoms with Gasteiger partial charge in [0, 0.05) is 23.2 Å². The molecule has 4 rings (SSSR count). The second-order valence-corrected chi connectivity index (χ2v) is 7.47. The molecule has 2 aromatic carbocycles. The Morgan fingerprint density at radius 3 is 2.74 bits per heavy atom. The third kappa shape index (κ3) is 3.58. The lowest BCUT2D eigenvalue weighted by molar-refractivity contribution is -0.137. The minimum Gasteiger partial charge on any atom is -0.507 e. The van der Waals surface area contributed by atoms with Gasteiger partial charge in [-0.15, -0.1) is 0 Å². The zero-order valence-corrected chi connectivity index (χ0v) is 15.0. The first-order valence-corrected chi connectivity index (χ1v) is 8.97. The molecule has 0 saturated carbocycles. The van der Waals surface area contributed by atoms with Crippen LogP contribution in [0.3, 0.4) is 0 Å². The Labute approximate surface area is 159 Å². The van der Waals surface area contributed by atoms with Gasteiger partial charge >= 0.3 is 6.18 Å². The summed E-state index contributed by atoms with van der Waals surface area (Å²) < 4.78 is 38.7. The number of hydrogen-bond acceptors (Lipinski definition) is 5. The number of nitrogens with zero attached hydrogens (tertiary/aromatic N) is 1. The van der Waals surface area contributed by atoms with Gasteiger partial charge in [0.25, 0.3) is 5.91 Å². The van der Waals surface area contributed by atoms with E-state index in [4.69, 9.17) is 11.6 Å². The fourth-order valence-corrected chi connectivity index (χ4v) is 3.78. The number of nitrogens with one attached hydrogen (secondary N) is 2. The van der Waals surface area contributed by atoms with Crippen LogP contribution < -0.4 is 10.6 Å². The zero-order chi connectivity index (χ0) is 19.3. The number of aromatic nitrogens is 1. The van der Waals surface area contributed by atoms with Crippen LogP contribution in [0.5, 0.6) is 5.75 Å². The lowest BCUT2D eigenvalue weighted by Gasteiger charge is -2.09. The van der Waals surface area contributed by atoms with E-state index in [1.54, 1.807) is 6.07 Å². The molecule has 1 fully saturated rings. The maximum atomic E-state index is 12.8. The van der Waals surface area contributed by atoms with Gasteiger partial charge in [0.05, 0.1) is 21.3 Å². The molecule has 1 atom stereocenters. The van der Waals surface area contributed by atoms with Crippen molar-refractivity contribution in [1.82, 2.24) is 10.3 Å². The molecule has 5 nitrogen and oxygen atoms in total. The van der Waals surface area contributed by atoms with Crippen LogP contribution in [0.1, 0.15) is 27.5 Å². The highest BCUT2D eigenvalue weighted by molar-refractivity contribution is 7.22. The van der Waals surface area contributed by atoms with Crippen molar-refractivity contribution >= 4 is 44.2 Å². The van der Waals surface area contributed by atoms with Crippen molar-refractivity contribution in [1.29, 1.82) is 0 Å². The highest BCUT2D eigenvalue weighted by Gasteiger charge is 2.31. The molecule has 1 unspecified atom stereocenters. The van der Waals surface area contributed by atoms with Gasteiger partial charge in [0.15, 0.2) is 5.13 Å². The second-order valence-electron chi connectivity index (χ2n) is 6.01. The summed E-state index contributed by atoms with van der Waals surface area (Å²) in [6.07, 6.45) is -4.46. The van der Waals surface area contributed by atoms with E-state index >= 15 is 0 Å². The molecule has 1 saturated heterocycles. The summed E-state index contributed by atoms with van der Waals surface area (Å²) in [5, 5.41) is 16.3. The SMILES string of the molecule is O=C(Nc1nc2ccc(C(F)(F)F)cc2s1)c1cc(Cl)cc(C2CN2)c1O. The van der Waals surface area contributed by atoms with Crippen molar-refractivity contribution in [3.05, 3.63) is 52.0 Å². The molecule has 0 bridgehead atoms. The predicted octanol–water partition coefficient (Wildman–Crippen LogP) is 4.57. The molecule has 27 heavy (non-hydrogen) atoms. The average molecular weight is 414 g/mol. The van der Waals surface area contributed by atoms with E-state index in [1.807, 2.05) is 0 Å². The number of aromatic hydroxyl groups is 1. The summed E-state index contributed by atoms with van der Waals surface area (Å²) in [6.45, 7) is 0.675. The number of carbonyl (C=O) groups excluding carboxylic acids is 1. The zero-order valence-electron chi connectivity index (χ0n) is 13.4. The molecule has 140 valence electrons. The number of anilines is 1. The maximum Gasteiger partial charge on any atom is 0.416 e. The molecule has 0 spiro atoms. The molecule has 1 aliphatic rings. The van der Waals surface area contributed by atoms with Gasteiger partial charge in [-0.3, -0.25) is 10.1 Å². The van der Waals surface area contributed by atoms with Crippen molar-refractivity contribution in [2.75, 3.05) is 11.9 Å². The van der Waals surface area contributed by atoms with Gasteiger partial charge in [0.2, 0.25) is 0 Å². The third-order valence-corrected chi connectivity index (χ3v) is 5.22. The van der Waals surface area contributed by atoms with E-state index in [0.717, 1.165) is 23.5 Å². The number of alkyl halides is 3. The number of carbonyl (C=O) groups is 1. The van der Waals surface area contributed by atoms with Gasteiger partial charge in [-0.05, 0) is 30.3 Å². The van der Waals surface area contributed by atoms with Gasteiger partial charge in [-0.1, -0.05) is 22.9 Å². The second kappa shape index (κ2) is 6.36. The van der Waals surface area contributed by atoms with Gasteiger partial charge in [-0.25, -0.2) is 4.98 Å². The highest BCUT2D eigenvalue weighted by Crippen LogP contribution is 2.37. The Balaban J connectivity index is 1.63. The van der Waals surface area contributed by atoms with E-state index in [2.05, 4.69) is 15.6 Å². The van der Waals surface area contributed by atoms with E-state index < -0.39 is 17.6 Å². The smallest absolute Gasteiger partial charge is 0.416 e. The molecule has 0 aliphatic carbocycles. The minimum atomic E-state index is -4.46. The number of phenols is 1. The largest absolute Gasteiger partial charge is 0.507 e. The number of rotatable bonds is 3. The quantitative estimate of drug-likeness (QED) is 0.549. The molecule has 1 amide bonds. The predicted molar refractivity (Wildman–Crippen MR) is 96.4 cm³/mol. The molecular weight excluding hydrogens is 403 g/mol. The monoisotopic (exact) mass is 413 g/mol. The molecule has 2 heterocycles. The van der Waals surface area contributed by atoms with Crippen LogP contribution >= 0.6 is 22.9 Å². The number of thiazole rings is 1. The van der Waals surface area contributed by atoms with E-state index in [1.165, 1.54) is 12.1 Å². The van der Waals surface area contributed by atoms with Crippen LogP contribution in [-0.4, -0.2) is 22.5 Å². The highest BCUT2D eigenvalue weighted by atomic mass is 35.5. The molecule has 1 aliphatic heterocycles. The van der Waals surface area contributed by atoms with E-state index in [9.17, 15) is 23.1 Å². The Kier molecular flexibility index (Phi) is 4.25. The summed E-state index contributed by atoms with van der Waals surface area (Å²) in [6, 6.07) is 6.01. The fraction of sp³-hybridized carbons (Fsp3) is 0.176. The molecule has 3 aromatic rings. The van der Waals surface area contributed by atoms with Crippen molar-refractivity contribution < 1.29 is 23.1 Å². The number of halogens is 4. The van der Waals surface area contributed by atoms with E-state index in [0.29, 0.717) is 27.3 Å². The maximum absolute atomic E-state index is 12.8. The lowest BCUT2D eigenvalue weighted by Crippen LogP contribution is -2.12. The van der Waals surface area contributed by atoms with Gasteiger partial charge in [-0.2, -0.15) is 13.2 Å². The van der Waals surface area contributed by atoms with E-state index in [-0.39, 0.29) is 22.5 Å².